The molecular formula is C52H30F2Se. The maximum absolute atomic E-state index is 15.5. The van der Waals surface area contributed by atoms with Gasteiger partial charge in [-0.15, -0.1) is 0 Å². The van der Waals surface area contributed by atoms with E-state index in [2.05, 4.69) is 127 Å². The Morgan fingerprint density at radius 3 is 1.29 bits per heavy atom. The fourth-order valence-electron chi connectivity index (χ4n) is 8.97. The third-order valence-electron chi connectivity index (χ3n) is 11.2. The SMILES string of the molecule is Fc1cccc(F)c1-c1c2ccccc2c(-c2ccc3c(c2)[se]c2cccc(-c4c5ccccc5c(-c5ccccc5)c5ccccc45)c23)c2ccccc12. The molecule has 55 heavy (non-hydrogen) atoms. The topological polar surface area (TPSA) is 0 Å². The molecular weight excluding hydrogens is 742 g/mol. The third kappa shape index (κ3) is 4.87. The Bertz CT molecular complexity index is 3210. The van der Waals surface area contributed by atoms with Crippen LogP contribution in [0.25, 0.3) is 107 Å². The molecule has 0 atom stereocenters. The molecule has 10 aromatic carbocycles. The maximum atomic E-state index is 15.5. The summed E-state index contributed by atoms with van der Waals surface area (Å²) in [5, 5.41) is 11.2. The van der Waals surface area contributed by atoms with Crippen molar-refractivity contribution in [2.45, 2.75) is 0 Å². The van der Waals surface area contributed by atoms with E-state index in [0.29, 0.717) is 5.56 Å². The van der Waals surface area contributed by atoms with Gasteiger partial charge < -0.3 is 0 Å². The van der Waals surface area contributed by atoms with Crippen LogP contribution < -0.4 is 0 Å². The van der Waals surface area contributed by atoms with Crippen LogP contribution in [0.3, 0.4) is 0 Å². The van der Waals surface area contributed by atoms with Gasteiger partial charge in [0.2, 0.25) is 0 Å². The van der Waals surface area contributed by atoms with E-state index in [9.17, 15) is 0 Å². The van der Waals surface area contributed by atoms with Crippen molar-refractivity contribution in [2.24, 2.45) is 0 Å². The first-order valence-corrected chi connectivity index (χ1v) is 20.2. The van der Waals surface area contributed by atoms with Crippen LogP contribution in [-0.4, -0.2) is 14.5 Å². The summed E-state index contributed by atoms with van der Waals surface area (Å²) in [5.41, 5.74) is 7.78. The monoisotopic (exact) mass is 772 g/mol. The molecule has 11 aromatic rings. The predicted octanol–water partition coefficient (Wildman–Crippen LogP) is 14.6. The van der Waals surface area contributed by atoms with Crippen LogP contribution in [0.1, 0.15) is 0 Å². The van der Waals surface area contributed by atoms with Crippen molar-refractivity contribution in [1.82, 2.24) is 0 Å². The quantitative estimate of drug-likeness (QED) is 0.123. The number of rotatable bonds is 4. The minimum atomic E-state index is -0.563. The first-order chi connectivity index (χ1) is 27.2. The van der Waals surface area contributed by atoms with Gasteiger partial charge in [-0.25, -0.2) is 0 Å². The number of halogens is 2. The van der Waals surface area contributed by atoms with Crippen LogP contribution in [0, 0.1) is 11.6 Å². The summed E-state index contributed by atoms with van der Waals surface area (Å²) in [6, 6.07) is 62.3. The van der Waals surface area contributed by atoms with Crippen molar-refractivity contribution < 1.29 is 8.78 Å². The number of benzene rings is 10. The van der Waals surface area contributed by atoms with Gasteiger partial charge in [-0.1, -0.05) is 0 Å². The summed E-state index contributed by atoms with van der Waals surface area (Å²) < 4.78 is 33.7. The second-order valence-corrected chi connectivity index (χ2v) is 16.4. The molecule has 0 amide bonds. The molecule has 0 saturated heterocycles. The standard InChI is InChI=1S/C52H30F2Se/c53-43-25-13-26-44(54)52(43)51-39-22-10-6-18-35(39)48(36-19-7-11-23-40(36)51)32-28-29-41-46(30-32)55-45-27-12-24-42(50(41)45)49-37-20-8-4-16-33(37)47(31-14-2-1-3-15-31)34-17-5-9-21-38(34)49/h1-30H. The Kier molecular flexibility index (Phi) is 7.35. The van der Waals surface area contributed by atoms with Crippen molar-refractivity contribution >= 4 is 76.9 Å². The van der Waals surface area contributed by atoms with Crippen LogP contribution in [0.4, 0.5) is 8.78 Å². The van der Waals surface area contributed by atoms with Gasteiger partial charge in [-0.05, 0) is 0 Å². The van der Waals surface area contributed by atoms with E-state index in [1.54, 1.807) is 0 Å². The van der Waals surface area contributed by atoms with Gasteiger partial charge in [0.1, 0.15) is 0 Å². The summed E-state index contributed by atoms with van der Waals surface area (Å²) >= 11 is 0.0775. The predicted molar refractivity (Wildman–Crippen MR) is 230 cm³/mol. The van der Waals surface area contributed by atoms with Gasteiger partial charge in [-0.3, -0.25) is 0 Å². The molecule has 0 saturated carbocycles. The number of fused-ring (bicyclic) bond motifs is 7. The van der Waals surface area contributed by atoms with Gasteiger partial charge in [0, 0.05) is 0 Å². The molecule has 0 radical (unpaired) electrons. The average molecular weight is 772 g/mol. The Morgan fingerprint density at radius 1 is 0.291 bits per heavy atom. The second-order valence-electron chi connectivity index (χ2n) is 14.1. The molecule has 0 aliphatic rings. The van der Waals surface area contributed by atoms with E-state index < -0.39 is 11.6 Å². The van der Waals surface area contributed by atoms with Crippen molar-refractivity contribution in [3.63, 3.8) is 0 Å². The number of hydrogen-bond acceptors (Lipinski definition) is 0. The van der Waals surface area contributed by atoms with E-state index in [-0.39, 0.29) is 20.1 Å². The normalized spacial score (nSPS) is 11.8. The van der Waals surface area contributed by atoms with Crippen LogP contribution >= 0.6 is 0 Å². The minimum absolute atomic E-state index is 0.0126. The average Bonchev–Trinajstić information content (AvgIpc) is 3.61. The zero-order chi connectivity index (χ0) is 36.6. The van der Waals surface area contributed by atoms with Gasteiger partial charge in [0.05, 0.1) is 0 Å². The molecule has 0 spiro atoms. The Balaban J connectivity index is 1.18. The summed E-state index contributed by atoms with van der Waals surface area (Å²) in [5.74, 6) is -1.13. The van der Waals surface area contributed by atoms with Crippen molar-refractivity contribution in [3.05, 3.63) is 194 Å². The molecule has 11 rings (SSSR count). The Morgan fingerprint density at radius 2 is 0.745 bits per heavy atom. The summed E-state index contributed by atoms with van der Waals surface area (Å²) in [6.07, 6.45) is 0. The molecule has 0 aliphatic carbocycles. The van der Waals surface area contributed by atoms with E-state index >= 15 is 8.78 Å². The van der Waals surface area contributed by atoms with Gasteiger partial charge in [0.25, 0.3) is 0 Å². The molecule has 0 N–H and O–H groups in total. The molecule has 0 fully saturated rings. The first-order valence-electron chi connectivity index (χ1n) is 18.5. The van der Waals surface area contributed by atoms with Crippen molar-refractivity contribution in [2.75, 3.05) is 0 Å². The van der Waals surface area contributed by atoms with Crippen molar-refractivity contribution in [3.8, 4) is 44.5 Å². The molecule has 1 aromatic heterocycles. The van der Waals surface area contributed by atoms with Gasteiger partial charge in [-0.2, -0.15) is 0 Å². The van der Waals surface area contributed by atoms with Crippen molar-refractivity contribution in [1.29, 1.82) is 0 Å². The molecule has 0 unspecified atom stereocenters. The van der Waals surface area contributed by atoms with Gasteiger partial charge >= 0.3 is 324 Å². The van der Waals surface area contributed by atoms with E-state index in [1.165, 1.54) is 81.3 Å². The molecule has 1 heterocycles. The van der Waals surface area contributed by atoms with E-state index in [1.807, 2.05) is 36.4 Å². The Hall–Kier alpha value is -6.38. The molecule has 3 heteroatoms. The summed E-state index contributed by atoms with van der Waals surface area (Å²) in [4.78, 5) is 0. The summed E-state index contributed by atoms with van der Waals surface area (Å²) in [6.45, 7) is 0. The molecule has 0 bridgehead atoms. The zero-order valence-electron chi connectivity index (χ0n) is 29.5. The van der Waals surface area contributed by atoms with Crippen LogP contribution in [0.5, 0.6) is 0 Å². The number of hydrogen-bond donors (Lipinski definition) is 0. The van der Waals surface area contributed by atoms with E-state index in [0.717, 1.165) is 32.7 Å². The summed E-state index contributed by atoms with van der Waals surface area (Å²) in [7, 11) is 0. The molecule has 0 nitrogen and oxygen atoms in total. The van der Waals surface area contributed by atoms with Gasteiger partial charge in [0.15, 0.2) is 0 Å². The fraction of sp³-hybridized carbons (Fsp3) is 0. The Labute approximate surface area is 322 Å². The van der Waals surface area contributed by atoms with E-state index in [4.69, 9.17) is 0 Å². The van der Waals surface area contributed by atoms with Crippen LogP contribution in [0.15, 0.2) is 182 Å². The van der Waals surface area contributed by atoms with Crippen LogP contribution in [-0.2, 0) is 0 Å². The zero-order valence-corrected chi connectivity index (χ0v) is 31.2. The third-order valence-corrected chi connectivity index (χ3v) is 13.5. The molecule has 0 aliphatic heterocycles. The van der Waals surface area contributed by atoms with Crippen LogP contribution in [0.2, 0.25) is 0 Å². The first kappa shape index (κ1) is 32.1. The second kappa shape index (κ2) is 12.6. The molecule has 258 valence electrons. The fourth-order valence-corrected chi connectivity index (χ4v) is 11.4.